The van der Waals surface area contributed by atoms with Crippen LogP contribution in [0.1, 0.15) is 41.5 Å². The van der Waals surface area contributed by atoms with Crippen LogP contribution in [0, 0.1) is 17.8 Å². The van der Waals surface area contributed by atoms with Crippen LogP contribution in [0.4, 0.5) is 4.79 Å². The number of carbonyl (C=O) groups is 1. The Morgan fingerprint density at radius 2 is 1.83 bits per heavy atom. The van der Waals surface area contributed by atoms with Crippen molar-refractivity contribution in [2.75, 3.05) is 19.6 Å². The molecule has 23 heavy (non-hydrogen) atoms. The van der Waals surface area contributed by atoms with Crippen LogP contribution in [0.25, 0.3) is 0 Å². The number of alkyl carbamates (subject to hydrolysis) is 1. The van der Waals surface area contributed by atoms with Gasteiger partial charge in [-0.15, -0.1) is 4.72 Å². The summed E-state index contributed by atoms with van der Waals surface area (Å²) in [5, 5.41) is 6.20. The van der Waals surface area contributed by atoms with Crippen molar-refractivity contribution in [3.63, 3.8) is 0 Å². The smallest absolute Gasteiger partial charge is 0.407 e. The minimum absolute atomic E-state index is 0.0136. The number of amides is 1. The molecule has 1 saturated carbocycles. The first-order valence-electron chi connectivity index (χ1n) is 8.34. The molecule has 134 valence electrons. The summed E-state index contributed by atoms with van der Waals surface area (Å²) < 4.78 is 20.6. The average Bonchev–Trinajstić information content (AvgIpc) is 2.84. The fourth-order valence-electron chi connectivity index (χ4n) is 3.14. The van der Waals surface area contributed by atoms with Crippen molar-refractivity contribution in [2.24, 2.45) is 17.8 Å². The lowest BCUT2D eigenvalue weighted by Gasteiger charge is -2.29. The fourth-order valence-corrected chi connectivity index (χ4v) is 4.01. The first-order chi connectivity index (χ1) is 10.5. The molecule has 6 nitrogen and oxygen atoms in total. The van der Waals surface area contributed by atoms with Crippen LogP contribution in [0.15, 0.2) is 0 Å². The third-order valence-electron chi connectivity index (χ3n) is 4.30. The van der Waals surface area contributed by atoms with Gasteiger partial charge in [-0.3, -0.25) is 0 Å². The molecule has 0 aromatic heterocycles. The van der Waals surface area contributed by atoms with Crippen molar-refractivity contribution < 1.29 is 14.1 Å². The quantitative estimate of drug-likeness (QED) is 0.656. The third-order valence-corrected chi connectivity index (χ3v) is 5.93. The van der Waals surface area contributed by atoms with Crippen LogP contribution >= 0.6 is 0 Å². The van der Waals surface area contributed by atoms with Crippen molar-refractivity contribution in [3.8, 4) is 0 Å². The zero-order valence-corrected chi connectivity index (χ0v) is 15.9. The molecule has 2 aliphatic rings. The molecule has 4 unspecified atom stereocenters. The summed E-state index contributed by atoms with van der Waals surface area (Å²) in [6.45, 7) is 13.8. The van der Waals surface area contributed by atoms with E-state index in [2.05, 4.69) is 15.4 Å². The van der Waals surface area contributed by atoms with Gasteiger partial charge in [-0.1, -0.05) is 0 Å². The van der Waals surface area contributed by atoms with E-state index in [9.17, 15) is 9.35 Å². The number of rotatable bonds is 5. The second kappa shape index (κ2) is 6.78. The SMILES string of the molecule is CC(C)(C)OC(=O)NCC(N[S+]([O-])C(C)(C)C)C1C2CNCC21. The van der Waals surface area contributed by atoms with Gasteiger partial charge in [-0.25, -0.2) is 4.79 Å². The maximum Gasteiger partial charge on any atom is 0.407 e. The number of carbonyl (C=O) groups excluding carboxylic acids is 1. The van der Waals surface area contributed by atoms with E-state index >= 15 is 0 Å². The highest BCUT2D eigenvalue weighted by molar-refractivity contribution is 7.90. The van der Waals surface area contributed by atoms with Gasteiger partial charge in [0.25, 0.3) is 0 Å². The van der Waals surface area contributed by atoms with E-state index in [0.717, 1.165) is 13.1 Å². The van der Waals surface area contributed by atoms with Crippen LogP contribution in [0.5, 0.6) is 0 Å². The highest BCUT2D eigenvalue weighted by Crippen LogP contribution is 2.50. The maximum absolute atomic E-state index is 12.4. The maximum atomic E-state index is 12.4. The number of hydrogen-bond donors (Lipinski definition) is 3. The highest BCUT2D eigenvalue weighted by Gasteiger charge is 2.57. The van der Waals surface area contributed by atoms with E-state index in [-0.39, 0.29) is 10.8 Å². The van der Waals surface area contributed by atoms with Gasteiger partial charge in [0.2, 0.25) is 0 Å². The van der Waals surface area contributed by atoms with E-state index in [1.54, 1.807) is 0 Å². The summed E-state index contributed by atoms with van der Waals surface area (Å²) in [5.41, 5.74) is -0.513. The summed E-state index contributed by atoms with van der Waals surface area (Å²) in [6, 6.07) is 0.0136. The Labute approximate surface area is 142 Å². The molecule has 4 atom stereocenters. The molecule has 2 fully saturated rings. The predicted octanol–water partition coefficient (Wildman–Crippen LogP) is 1.40. The Hall–Kier alpha value is -0.500. The van der Waals surface area contributed by atoms with Gasteiger partial charge < -0.3 is 19.9 Å². The summed E-state index contributed by atoms with van der Waals surface area (Å²) in [6.07, 6.45) is -0.422. The lowest BCUT2D eigenvalue weighted by atomic mass is 10.1. The summed E-state index contributed by atoms with van der Waals surface area (Å²) in [7, 11) is 0. The van der Waals surface area contributed by atoms with Gasteiger partial charge in [0.1, 0.15) is 10.3 Å². The van der Waals surface area contributed by atoms with Crippen molar-refractivity contribution in [1.82, 2.24) is 15.4 Å². The van der Waals surface area contributed by atoms with Crippen molar-refractivity contribution >= 4 is 17.5 Å². The van der Waals surface area contributed by atoms with Crippen molar-refractivity contribution in [1.29, 1.82) is 0 Å². The molecule has 1 aliphatic heterocycles. The van der Waals surface area contributed by atoms with Gasteiger partial charge in [0.05, 0.1) is 6.04 Å². The Morgan fingerprint density at radius 3 is 2.30 bits per heavy atom. The predicted molar refractivity (Wildman–Crippen MR) is 92.4 cm³/mol. The molecule has 1 aliphatic carbocycles. The van der Waals surface area contributed by atoms with Crippen LogP contribution in [0.3, 0.4) is 0 Å². The van der Waals surface area contributed by atoms with Crippen molar-refractivity contribution in [3.05, 3.63) is 0 Å². The largest absolute Gasteiger partial charge is 0.598 e. The number of nitrogens with one attached hydrogen (secondary N) is 3. The minimum Gasteiger partial charge on any atom is -0.598 e. The first kappa shape index (κ1) is 18.8. The summed E-state index contributed by atoms with van der Waals surface area (Å²) in [4.78, 5) is 11.9. The molecular weight excluding hydrogens is 314 g/mol. The Balaban J connectivity index is 1.91. The van der Waals surface area contributed by atoms with Gasteiger partial charge in [-0.2, -0.15) is 0 Å². The summed E-state index contributed by atoms with van der Waals surface area (Å²) >= 11 is -1.15. The Bertz CT molecular complexity index is 423. The number of fused-ring (bicyclic) bond motifs is 1. The summed E-state index contributed by atoms with van der Waals surface area (Å²) in [5.74, 6) is 1.73. The molecule has 3 N–H and O–H groups in total. The molecule has 0 spiro atoms. The second-order valence-electron chi connectivity index (χ2n) is 8.55. The molecule has 0 radical (unpaired) electrons. The number of piperidine rings is 1. The molecule has 0 aromatic rings. The normalized spacial score (nSPS) is 29.6. The topological polar surface area (TPSA) is 85.5 Å². The van der Waals surface area contributed by atoms with E-state index in [1.807, 2.05) is 41.5 Å². The van der Waals surface area contributed by atoms with Gasteiger partial charge in [0, 0.05) is 17.9 Å². The van der Waals surface area contributed by atoms with E-state index in [4.69, 9.17) is 4.74 Å². The molecule has 2 rings (SSSR count). The van der Waals surface area contributed by atoms with E-state index in [1.165, 1.54) is 0 Å². The Morgan fingerprint density at radius 1 is 1.26 bits per heavy atom. The molecule has 7 heteroatoms. The average molecular weight is 346 g/mol. The number of hydrogen-bond acceptors (Lipinski definition) is 5. The molecule has 0 aromatic carbocycles. The lowest BCUT2D eigenvalue weighted by Crippen LogP contribution is -2.51. The third kappa shape index (κ3) is 5.24. The standard InChI is InChI=1S/C16H31N3O3S/c1-15(2,3)22-14(20)18-9-12(19-23(21)16(4,5)6)13-10-7-17-8-11(10)13/h10-13,17,19H,7-9H2,1-6H3,(H,18,20). The monoisotopic (exact) mass is 345 g/mol. The zero-order chi connectivity index (χ0) is 17.4. The van der Waals surface area contributed by atoms with Gasteiger partial charge in [-0.05, 0) is 72.4 Å². The van der Waals surface area contributed by atoms with Gasteiger partial charge in [0.15, 0.2) is 0 Å². The van der Waals surface area contributed by atoms with Crippen LogP contribution < -0.4 is 15.4 Å². The molecule has 0 bridgehead atoms. The van der Waals surface area contributed by atoms with E-state index in [0.29, 0.717) is 24.3 Å². The second-order valence-corrected chi connectivity index (χ2v) is 10.5. The lowest BCUT2D eigenvalue weighted by molar-refractivity contribution is 0.0521. The van der Waals surface area contributed by atoms with E-state index < -0.39 is 23.1 Å². The Kier molecular flexibility index (Phi) is 5.55. The van der Waals surface area contributed by atoms with Gasteiger partial charge >= 0.3 is 6.09 Å². The molecule has 1 saturated heterocycles. The zero-order valence-electron chi connectivity index (χ0n) is 15.1. The minimum atomic E-state index is -1.15. The number of ether oxygens (including phenoxy) is 1. The first-order valence-corrected chi connectivity index (χ1v) is 9.49. The molecular formula is C16H31N3O3S. The van der Waals surface area contributed by atoms with Crippen LogP contribution in [-0.4, -0.2) is 46.7 Å². The molecule has 1 amide bonds. The van der Waals surface area contributed by atoms with Crippen LogP contribution in [0.2, 0.25) is 0 Å². The highest BCUT2D eigenvalue weighted by atomic mass is 32.2. The van der Waals surface area contributed by atoms with Crippen molar-refractivity contribution in [2.45, 2.75) is 57.9 Å². The van der Waals surface area contributed by atoms with Crippen LogP contribution in [-0.2, 0) is 16.1 Å². The fraction of sp³-hybridized carbons (Fsp3) is 0.938. The molecule has 1 heterocycles.